The lowest BCUT2D eigenvalue weighted by molar-refractivity contribution is -0.138. The number of benzene rings is 2. The first-order valence-electron chi connectivity index (χ1n) is 9.47. The fraction of sp³-hybridized carbons (Fsp3) is 0.364. The summed E-state index contributed by atoms with van der Waals surface area (Å²) in [6.07, 6.45) is 0. The number of hydrogen-bond donors (Lipinski definition) is 1. The summed E-state index contributed by atoms with van der Waals surface area (Å²) in [4.78, 5) is 28.2. The largest absolute Gasteiger partial charge is 0.354 e. The van der Waals surface area contributed by atoms with Crippen molar-refractivity contribution in [2.24, 2.45) is 5.92 Å². The number of nitrogens with one attached hydrogen (secondary N) is 1. The summed E-state index contributed by atoms with van der Waals surface area (Å²) in [5, 5.41) is 3.79. The Bertz CT molecular complexity index is 831. The molecule has 0 spiro atoms. The number of amides is 2. The van der Waals surface area contributed by atoms with Gasteiger partial charge in [-0.25, -0.2) is 0 Å². The van der Waals surface area contributed by atoms with Crippen LogP contribution in [0.15, 0.2) is 53.4 Å². The van der Waals surface area contributed by atoms with Crippen LogP contribution >= 0.6 is 35.0 Å². The Morgan fingerprint density at radius 2 is 1.72 bits per heavy atom. The molecule has 4 nitrogen and oxygen atoms in total. The van der Waals surface area contributed by atoms with Gasteiger partial charge in [0, 0.05) is 18.0 Å². The van der Waals surface area contributed by atoms with E-state index in [1.165, 1.54) is 11.8 Å². The minimum atomic E-state index is -0.605. The molecule has 2 aromatic rings. The Balaban J connectivity index is 2.15. The summed E-state index contributed by atoms with van der Waals surface area (Å²) < 4.78 is 0. The molecule has 0 aromatic heterocycles. The molecule has 0 fully saturated rings. The molecule has 2 rings (SSSR count). The number of rotatable bonds is 9. The van der Waals surface area contributed by atoms with Gasteiger partial charge in [-0.15, -0.1) is 11.8 Å². The Hall–Kier alpha value is -1.69. The molecule has 0 saturated carbocycles. The third kappa shape index (κ3) is 7.57. The van der Waals surface area contributed by atoms with Crippen LogP contribution in [-0.4, -0.2) is 35.1 Å². The van der Waals surface area contributed by atoms with Crippen LogP contribution < -0.4 is 5.32 Å². The summed E-state index contributed by atoms with van der Waals surface area (Å²) in [7, 11) is 0. The van der Waals surface area contributed by atoms with Gasteiger partial charge in [0.2, 0.25) is 11.8 Å². The molecule has 0 aliphatic rings. The molecule has 1 atom stereocenters. The first kappa shape index (κ1) is 23.6. The van der Waals surface area contributed by atoms with E-state index >= 15 is 0 Å². The average Bonchev–Trinajstić information content (AvgIpc) is 2.71. The van der Waals surface area contributed by atoms with E-state index in [2.05, 4.69) is 5.32 Å². The molecule has 1 N–H and O–H groups in total. The van der Waals surface area contributed by atoms with E-state index in [1.807, 2.05) is 50.2 Å². The lowest BCUT2D eigenvalue weighted by atomic mass is 10.1. The normalized spacial score (nSPS) is 11.9. The Morgan fingerprint density at radius 1 is 1.03 bits per heavy atom. The molecule has 0 bridgehead atoms. The average molecular weight is 453 g/mol. The Labute approximate surface area is 187 Å². The Morgan fingerprint density at radius 3 is 2.34 bits per heavy atom. The maximum atomic E-state index is 13.0. The molecule has 7 heteroatoms. The summed E-state index contributed by atoms with van der Waals surface area (Å²) in [5.41, 5.74) is 0.820. The summed E-state index contributed by atoms with van der Waals surface area (Å²) in [6, 6.07) is 14.4. The number of halogens is 2. The standard InChI is InChI=1S/C22H26Cl2N2O2S/c1-15(2)12-25-22(28)16(3)26(13-17-9-10-19(23)20(24)11-17)21(27)14-29-18-7-5-4-6-8-18/h4-11,15-16H,12-14H2,1-3H3,(H,25,28). The lowest BCUT2D eigenvalue weighted by Crippen LogP contribution is -2.48. The molecule has 29 heavy (non-hydrogen) atoms. The van der Waals surface area contributed by atoms with Gasteiger partial charge in [0.05, 0.1) is 15.8 Å². The lowest BCUT2D eigenvalue weighted by Gasteiger charge is -2.29. The van der Waals surface area contributed by atoms with Crippen LogP contribution in [0.4, 0.5) is 0 Å². The number of carbonyl (C=O) groups is 2. The first-order chi connectivity index (χ1) is 13.8. The fourth-order valence-electron chi connectivity index (χ4n) is 2.61. The zero-order chi connectivity index (χ0) is 21.4. The van der Waals surface area contributed by atoms with Crippen LogP contribution in [0, 0.1) is 5.92 Å². The summed E-state index contributed by atoms with van der Waals surface area (Å²) in [5.74, 6) is 0.292. The maximum Gasteiger partial charge on any atom is 0.242 e. The molecule has 0 saturated heterocycles. The first-order valence-corrected chi connectivity index (χ1v) is 11.2. The zero-order valence-electron chi connectivity index (χ0n) is 16.8. The van der Waals surface area contributed by atoms with Crippen molar-refractivity contribution in [3.8, 4) is 0 Å². The topological polar surface area (TPSA) is 49.4 Å². The number of thioether (sulfide) groups is 1. The quantitative estimate of drug-likeness (QED) is 0.526. The molecule has 0 radical (unpaired) electrons. The molecular weight excluding hydrogens is 427 g/mol. The molecule has 1 unspecified atom stereocenters. The van der Waals surface area contributed by atoms with Gasteiger partial charge in [0.1, 0.15) is 6.04 Å². The highest BCUT2D eigenvalue weighted by Crippen LogP contribution is 2.24. The monoisotopic (exact) mass is 452 g/mol. The molecule has 0 heterocycles. The van der Waals surface area contributed by atoms with Gasteiger partial charge in [-0.3, -0.25) is 9.59 Å². The smallest absolute Gasteiger partial charge is 0.242 e. The van der Waals surface area contributed by atoms with E-state index < -0.39 is 6.04 Å². The highest BCUT2D eigenvalue weighted by Gasteiger charge is 2.26. The zero-order valence-corrected chi connectivity index (χ0v) is 19.2. The van der Waals surface area contributed by atoms with E-state index in [9.17, 15) is 9.59 Å². The van der Waals surface area contributed by atoms with E-state index in [-0.39, 0.29) is 24.1 Å². The van der Waals surface area contributed by atoms with Crippen LogP contribution in [0.1, 0.15) is 26.3 Å². The predicted octanol–water partition coefficient (Wildman–Crippen LogP) is 5.28. The summed E-state index contributed by atoms with van der Waals surface area (Å²) >= 11 is 13.6. The molecular formula is C22H26Cl2N2O2S. The second-order valence-electron chi connectivity index (χ2n) is 7.19. The van der Waals surface area contributed by atoms with Gasteiger partial charge in [0.15, 0.2) is 0 Å². The van der Waals surface area contributed by atoms with Gasteiger partial charge in [-0.2, -0.15) is 0 Å². The van der Waals surface area contributed by atoms with Gasteiger partial charge >= 0.3 is 0 Å². The van der Waals surface area contributed by atoms with Gasteiger partial charge < -0.3 is 10.2 Å². The second-order valence-corrected chi connectivity index (χ2v) is 9.05. The van der Waals surface area contributed by atoms with Crippen molar-refractivity contribution >= 4 is 46.8 Å². The van der Waals surface area contributed by atoms with Gasteiger partial charge in [-0.05, 0) is 42.7 Å². The molecule has 156 valence electrons. The third-order valence-corrected chi connectivity index (χ3v) is 6.03. The molecule has 2 aromatic carbocycles. The Kier molecular flexibility index (Phi) is 9.34. The fourth-order valence-corrected chi connectivity index (χ4v) is 3.74. The molecule has 0 aliphatic heterocycles. The van der Waals surface area contributed by atoms with Gasteiger partial charge in [-0.1, -0.05) is 61.3 Å². The van der Waals surface area contributed by atoms with E-state index in [0.29, 0.717) is 22.5 Å². The highest BCUT2D eigenvalue weighted by atomic mass is 35.5. The molecule has 2 amide bonds. The van der Waals surface area contributed by atoms with Crippen molar-refractivity contribution in [3.05, 3.63) is 64.1 Å². The number of nitrogens with zero attached hydrogens (tertiary/aromatic N) is 1. The number of hydrogen-bond acceptors (Lipinski definition) is 3. The van der Waals surface area contributed by atoms with E-state index in [1.54, 1.807) is 24.0 Å². The van der Waals surface area contributed by atoms with Crippen LogP contribution in [0.5, 0.6) is 0 Å². The van der Waals surface area contributed by atoms with Crippen molar-refractivity contribution in [1.29, 1.82) is 0 Å². The summed E-state index contributed by atoms with van der Waals surface area (Å²) in [6.45, 7) is 6.65. The van der Waals surface area contributed by atoms with Crippen LogP contribution in [-0.2, 0) is 16.1 Å². The third-order valence-electron chi connectivity index (χ3n) is 4.29. The van der Waals surface area contributed by atoms with Crippen LogP contribution in [0.2, 0.25) is 10.0 Å². The van der Waals surface area contributed by atoms with Crippen molar-refractivity contribution in [1.82, 2.24) is 10.2 Å². The van der Waals surface area contributed by atoms with Crippen molar-refractivity contribution in [2.75, 3.05) is 12.3 Å². The van der Waals surface area contributed by atoms with E-state index in [0.717, 1.165) is 10.5 Å². The van der Waals surface area contributed by atoms with Crippen LogP contribution in [0.3, 0.4) is 0 Å². The minimum absolute atomic E-state index is 0.114. The minimum Gasteiger partial charge on any atom is -0.354 e. The van der Waals surface area contributed by atoms with Crippen molar-refractivity contribution in [3.63, 3.8) is 0 Å². The SMILES string of the molecule is CC(C)CNC(=O)C(C)N(Cc1ccc(Cl)c(Cl)c1)C(=O)CSc1ccccc1. The van der Waals surface area contributed by atoms with Gasteiger partial charge in [0.25, 0.3) is 0 Å². The second kappa shape index (κ2) is 11.5. The molecule has 0 aliphatic carbocycles. The van der Waals surface area contributed by atoms with Crippen LogP contribution in [0.25, 0.3) is 0 Å². The van der Waals surface area contributed by atoms with Crippen molar-refractivity contribution < 1.29 is 9.59 Å². The maximum absolute atomic E-state index is 13.0. The number of carbonyl (C=O) groups excluding carboxylic acids is 2. The van der Waals surface area contributed by atoms with E-state index in [4.69, 9.17) is 23.2 Å². The predicted molar refractivity (Wildman–Crippen MR) is 121 cm³/mol. The highest BCUT2D eigenvalue weighted by molar-refractivity contribution is 8.00. The van der Waals surface area contributed by atoms with Crippen molar-refractivity contribution in [2.45, 2.75) is 38.3 Å².